The smallest absolute Gasteiger partial charge is 0.240 e. The number of hydrogen-bond donors (Lipinski definition) is 1. The van der Waals surface area contributed by atoms with Gasteiger partial charge >= 0.3 is 0 Å². The van der Waals surface area contributed by atoms with Crippen LogP contribution in [0.1, 0.15) is 26.3 Å². The summed E-state index contributed by atoms with van der Waals surface area (Å²) >= 11 is 6.36. The topological polar surface area (TPSA) is 66.5 Å². The third kappa shape index (κ3) is 4.53. The van der Waals surface area contributed by atoms with Crippen molar-refractivity contribution < 1.29 is 13.2 Å². The molecule has 8 heteroatoms. The molecular formula is C15H20N2O3S3. The SMILES string of the molecule is CC(C)(C)c1ccc(S(=O)(=O)NCCN2C(=O)CSC2=S)cc1. The number of nitrogens with zero attached hydrogens (tertiary/aromatic N) is 1. The number of carbonyl (C=O) groups is 1. The number of benzene rings is 1. The molecule has 126 valence electrons. The van der Waals surface area contributed by atoms with E-state index in [4.69, 9.17) is 12.2 Å². The molecule has 1 aromatic carbocycles. The van der Waals surface area contributed by atoms with E-state index in [1.54, 1.807) is 12.1 Å². The summed E-state index contributed by atoms with van der Waals surface area (Å²) in [5.74, 6) is 0.258. The minimum absolute atomic E-state index is 0.0286. The second-order valence-corrected chi connectivity index (χ2v) is 9.65. The Bertz CT molecular complexity index is 690. The van der Waals surface area contributed by atoms with Crippen molar-refractivity contribution >= 4 is 44.2 Å². The van der Waals surface area contributed by atoms with Crippen LogP contribution in [0.5, 0.6) is 0 Å². The van der Waals surface area contributed by atoms with Gasteiger partial charge in [-0.05, 0) is 23.1 Å². The normalized spacial score (nSPS) is 16.2. The van der Waals surface area contributed by atoms with Gasteiger partial charge in [0.2, 0.25) is 15.9 Å². The predicted octanol–water partition coefficient (Wildman–Crippen LogP) is 2.12. The lowest BCUT2D eigenvalue weighted by molar-refractivity contribution is -0.123. The molecule has 23 heavy (non-hydrogen) atoms. The summed E-state index contributed by atoms with van der Waals surface area (Å²) in [6.45, 7) is 6.61. The Morgan fingerprint density at radius 3 is 2.35 bits per heavy atom. The Balaban J connectivity index is 1.99. The van der Waals surface area contributed by atoms with Gasteiger partial charge in [0.05, 0.1) is 10.6 Å². The van der Waals surface area contributed by atoms with Crippen LogP contribution in [-0.2, 0) is 20.2 Å². The number of carbonyl (C=O) groups excluding carboxylic acids is 1. The van der Waals surface area contributed by atoms with Gasteiger partial charge < -0.3 is 0 Å². The molecule has 0 aliphatic carbocycles. The van der Waals surface area contributed by atoms with Crippen LogP contribution in [0, 0.1) is 0 Å². The van der Waals surface area contributed by atoms with Crippen molar-refractivity contribution in [2.75, 3.05) is 18.8 Å². The van der Waals surface area contributed by atoms with E-state index in [-0.39, 0.29) is 29.3 Å². The van der Waals surface area contributed by atoms with Gasteiger partial charge in [-0.1, -0.05) is 56.9 Å². The zero-order chi connectivity index (χ0) is 17.3. The van der Waals surface area contributed by atoms with E-state index in [0.717, 1.165) is 5.56 Å². The van der Waals surface area contributed by atoms with E-state index in [2.05, 4.69) is 25.5 Å². The first-order chi connectivity index (χ1) is 10.6. The fraction of sp³-hybridized carbons (Fsp3) is 0.467. The molecule has 1 aliphatic rings. The van der Waals surface area contributed by atoms with Gasteiger partial charge in [0.15, 0.2) is 0 Å². The summed E-state index contributed by atoms with van der Waals surface area (Å²) in [6.07, 6.45) is 0. The molecule has 1 N–H and O–H groups in total. The van der Waals surface area contributed by atoms with Crippen LogP contribution >= 0.6 is 24.0 Å². The van der Waals surface area contributed by atoms with Crippen LogP contribution in [0.25, 0.3) is 0 Å². The number of sulfonamides is 1. The van der Waals surface area contributed by atoms with Gasteiger partial charge in [-0.25, -0.2) is 13.1 Å². The van der Waals surface area contributed by atoms with Crippen LogP contribution in [0.3, 0.4) is 0 Å². The fourth-order valence-electron chi connectivity index (χ4n) is 2.11. The van der Waals surface area contributed by atoms with Crippen molar-refractivity contribution in [3.8, 4) is 0 Å². The Labute approximate surface area is 146 Å². The van der Waals surface area contributed by atoms with Crippen LogP contribution in [-0.4, -0.2) is 42.4 Å². The van der Waals surface area contributed by atoms with Gasteiger partial charge in [-0.2, -0.15) is 0 Å². The lowest BCUT2D eigenvalue weighted by atomic mass is 9.87. The Kier molecular flexibility index (Phi) is 5.50. The van der Waals surface area contributed by atoms with E-state index in [1.165, 1.54) is 16.7 Å². The largest absolute Gasteiger partial charge is 0.296 e. The third-order valence-electron chi connectivity index (χ3n) is 3.50. The van der Waals surface area contributed by atoms with Gasteiger partial charge in [0.1, 0.15) is 4.32 Å². The maximum Gasteiger partial charge on any atom is 0.240 e. The van der Waals surface area contributed by atoms with Gasteiger partial charge in [0.25, 0.3) is 0 Å². The number of hydrogen-bond acceptors (Lipinski definition) is 5. The van der Waals surface area contributed by atoms with Crippen LogP contribution in [0.15, 0.2) is 29.2 Å². The number of rotatable bonds is 5. The van der Waals surface area contributed by atoms with Crippen molar-refractivity contribution in [1.29, 1.82) is 0 Å². The second kappa shape index (κ2) is 6.88. The summed E-state index contributed by atoms with van der Waals surface area (Å²) in [5, 5.41) is 0. The molecule has 5 nitrogen and oxygen atoms in total. The fourth-order valence-corrected chi connectivity index (χ4v) is 4.25. The number of thioether (sulfide) groups is 1. The minimum atomic E-state index is -3.59. The van der Waals surface area contributed by atoms with Gasteiger partial charge in [-0.3, -0.25) is 9.69 Å². The molecule has 0 bridgehead atoms. The maximum atomic E-state index is 12.3. The molecule has 0 atom stereocenters. The molecule has 1 heterocycles. The van der Waals surface area contributed by atoms with Crippen molar-refractivity contribution in [3.05, 3.63) is 29.8 Å². The lowest BCUT2D eigenvalue weighted by Gasteiger charge is -2.19. The lowest BCUT2D eigenvalue weighted by Crippen LogP contribution is -2.37. The molecule has 0 radical (unpaired) electrons. The third-order valence-corrected chi connectivity index (χ3v) is 6.41. The summed E-state index contributed by atoms with van der Waals surface area (Å²) in [6, 6.07) is 6.85. The molecule has 1 fully saturated rings. The average molecular weight is 373 g/mol. The second-order valence-electron chi connectivity index (χ2n) is 6.27. The average Bonchev–Trinajstić information content (AvgIpc) is 2.78. The molecule has 1 amide bonds. The van der Waals surface area contributed by atoms with Gasteiger partial charge in [-0.15, -0.1) is 0 Å². The Morgan fingerprint density at radius 2 is 1.87 bits per heavy atom. The van der Waals surface area contributed by atoms with E-state index >= 15 is 0 Å². The zero-order valence-electron chi connectivity index (χ0n) is 13.3. The van der Waals surface area contributed by atoms with Gasteiger partial charge in [0, 0.05) is 13.1 Å². The highest BCUT2D eigenvalue weighted by molar-refractivity contribution is 8.23. The first-order valence-electron chi connectivity index (χ1n) is 7.18. The maximum absolute atomic E-state index is 12.3. The monoisotopic (exact) mass is 372 g/mol. The molecule has 0 aromatic heterocycles. The van der Waals surface area contributed by atoms with Crippen molar-refractivity contribution in [2.45, 2.75) is 31.1 Å². The number of nitrogens with one attached hydrogen (secondary N) is 1. The molecule has 0 unspecified atom stereocenters. The highest BCUT2D eigenvalue weighted by Crippen LogP contribution is 2.23. The molecular weight excluding hydrogens is 352 g/mol. The Hall–Kier alpha value is -0.960. The Morgan fingerprint density at radius 1 is 1.26 bits per heavy atom. The van der Waals surface area contributed by atoms with E-state index in [0.29, 0.717) is 10.1 Å². The summed E-state index contributed by atoms with van der Waals surface area (Å²) < 4.78 is 27.6. The van der Waals surface area contributed by atoms with Crippen LogP contribution < -0.4 is 4.72 Å². The van der Waals surface area contributed by atoms with Crippen LogP contribution in [0.2, 0.25) is 0 Å². The number of amides is 1. The van der Waals surface area contributed by atoms with E-state index in [9.17, 15) is 13.2 Å². The zero-order valence-corrected chi connectivity index (χ0v) is 15.8. The van der Waals surface area contributed by atoms with Crippen LogP contribution in [0.4, 0.5) is 0 Å². The van der Waals surface area contributed by atoms with E-state index in [1.807, 2.05) is 12.1 Å². The highest BCUT2D eigenvalue weighted by Gasteiger charge is 2.26. The van der Waals surface area contributed by atoms with Crippen molar-refractivity contribution in [1.82, 2.24) is 9.62 Å². The molecule has 0 saturated carbocycles. The summed E-state index contributed by atoms with van der Waals surface area (Å²) in [4.78, 5) is 13.2. The summed E-state index contributed by atoms with van der Waals surface area (Å²) in [5.41, 5.74) is 1.04. The van der Waals surface area contributed by atoms with E-state index < -0.39 is 10.0 Å². The molecule has 2 rings (SSSR count). The standard InChI is InChI=1S/C15H20N2O3S3/c1-15(2,3)11-4-6-12(7-5-11)23(19,20)16-8-9-17-13(18)10-22-14(17)21/h4-7,16H,8-10H2,1-3H3. The number of thiocarbonyl (C=S) groups is 1. The minimum Gasteiger partial charge on any atom is -0.296 e. The van der Waals surface area contributed by atoms with Crippen molar-refractivity contribution in [3.63, 3.8) is 0 Å². The first-order valence-corrected chi connectivity index (χ1v) is 10.1. The molecule has 0 spiro atoms. The molecule has 1 aromatic rings. The highest BCUT2D eigenvalue weighted by atomic mass is 32.2. The molecule has 1 aliphatic heterocycles. The quantitative estimate of drug-likeness (QED) is 0.802. The predicted molar refractivity (Wildman–Crippen MR) is 97.1 cm³/mol. The van der Waals surface area contributed by atoms with Crippen molar-refractivity contribution in [2.24, 2.45) is 0 Å². The first kappa shape index (κ1) is 18.4. The molecule has 1 saturated heterocycles. The summed E-state index contributed by atoms with van der Waals surface area (Å²) in [7, 11) is -3.59.